The van der Waals surface area contributed by atoms with Crippen LogP contribution in [-0.2, 0) is 22.6 Å². The van der Waals surface area contributed by atoms with Crippen molar-refractivity contribution in [2.75, 3.05) is 19.6 Å². The minimum Gasteiger partial charge on any atom is -0.406 e. The first-order chi connectivity index (χ1) is 19.6. The maximum absolute atomic E-state index is 13.0. The molecule has 1 fully saturated rings. The predicted molar refractivity (Wildman–Crippen MR) is 144 cm³/mol. The Morgan fingerprint density at radius 1 is 1.12 bits per heavy atom. The molecule has 0 spiro atoms. The van der Waals surface area contributed by atoms with Gasteiger partial charge >= 0.3 is 6.36 Å². The van der Waals surface area contributed by atoms with E-state index in [1.54, 1.807) is 11.0 Å². The van der Waals surface area contributed by atoms with Crippen molar-refractivity contribution >= 4 is 17.7 Å². The smallest absolute Gasteiger partial charge is 0.406 e. The van der Waals surface area contributed by atoms with Crippen molar-refractivity contribution in [1.82, 2.24) is 15.1 Å². The predicted octanol–water partition coefficient (Wildman–Crippen LogP) is 4.69. The molecular weight excluding hydrogens is 537 g/mol. The van der Waals surface area contributed by atoms with Crippen molar-refractivity contribution in [2.45, 2.75) is 70.3 Å². The molecule has 0 aromatic heterocycles. The molecule has 1 N–H and O–H groups in total. The lowest BCUT2D eigenvalue weighted by Crippen LogP contribution is -2.52. The van der Waals surface area contributed by atoms with E-state index in [0.29, 0.717) is 37.1 Å². The highest BCUT2D eigenvalue weighted by Crippen LogP contribution is 2.31. The van der Waals surface area contributed by atoms with Gasteiger partial charge in [0.2, 0.25) is 11.8 Å². The third kappa shape index (κ3) is 7.64. The summed E-state index contributed by atoms with van der Waals surface area (Å²) in [6.07, 6.45) is -1.08. The molecule has 0 bridgehead atoms. The third-order valence-electron chi connectivity index (χ3n) is 7.70. The van der Waals surface area contributed by atoms with Gasteiger partial charge in [0.15, 0.2) is 0 Å². The van der Waals surface area contributed by atoms with E-state index >= 15 is 0 Å². The van der Waals surface area contributed by atoms with Crippen LogP contribution in [-0.4, -0.2) is 59.6 Å². The van der Waals surface area contributed by atoms with Crippen LogP contribution in [0.3, 0.4) is 0 Å². The van der Waals surface area contributed by atoms with Gasteiger partial charge in [0.05, 0.1) is 12.0 Å². The average Bonchev–Trinajstić information content (AvgIpc) is 3.26. The number of hydrogen-bond acceptors (Lipinski definition) is 6. The van der Waals surface area contributed by atoms with Gasteiger partial charge in [0, 0.05) is 18.5 Å². The fourth-order valence-electron chi connectivity index (χ4n) is 5.48. The Balaban J connectivity index is 1.26. The standard InChI is InChI=1S/C30H33F3N4O4/c1-2-36(17-15-22(18-34)20-9-11-23(12-10-20)41-30(31,32)33)16-4-3-6-21-7-5-8-24-25(21)19-37(29(24)40)26-13-14-27(38)35-28(26)39/h5,7-12,22,26H,2-4,6,13-17,19H2,1H3,(H,35,38,39). The number of alkyl halides is 3. The molecule has 2 aliphatic rings. The minimum absolute atomic E-state index is 0.178. The zero-order valence-corrected chi connectivity index (χ0v) is 22.9. The fourth-order valence-corrected chi connectivity index (χ4v) is 5.48. The molecular formula is C30H33F3N4O4. The number of halogens is 3. The van der Waals surface area contributed by atoms with Gasteiger partial charge in [-0.25, -0.2) is 0 Å². The summed E-state index contributed by atoms with van der Waals surface area (Å²) in [5, 5.41) is 12.0. The lowest BCUT2D eigenvalue weighted by atomic mass is 9.96. The molecule has 0 aliphatic carbocycles. The number of nitrogens with zero attached hydrogens (tertiary/aromatic N) is 3. The molecule has 3 amide bonds. The van der Waals surface area contributed by atoms with E-state index in [-0.39, 0.29) is 24.0 Å². The second kappa shape index (κ2) is 13.2. The molecule has 2 aliphatic heterocycles. The zero-order chi connectivity index (χ0) is 29.6. The number of benzene rings is 2. The van der Waals surface area contributed by atoms with Gasteiger partial charge in [-0.1, -0.05) is 31.2 Å². The second-order valence-corrected chi connectivity index (χ2v) is 10.3. The van der Waals surface area contributed by atoms with Crippen LogP contribution < -0.4 is 10.1 Å². The molecule has 8 nitrogen and oxygen atoms in total. The van der Waals surface area contributed by atoms with Gasteiger partial charge in [0.25, 0.3) is 5.91 Å². The van der Waals surface area contributed by atoms with Crippen LogP contribution in [0.15, 0.2) is 42.5 Å². The van der Waals surface area contributed by atoms with E-state index in [0.717, 1.165) is 43.5 Å². The lowest BCUT2D eigenvalue weighted by molar-refractivity contribution is -0.274. The molecule has 2 aromatic carbocycles. The summed E-state index contributed by atoms with van der Waals surface area (Å²) in [6, 6.07) is 12.7. The molecule has 0 radical (unpaired) electrons. The zero-order valence-electron chi connectivity index (χ0n) is 22.9. The Morgan fingerprint density at radius 3 is 2.54 bits per heavy atom. The maximum Gasteiger partial charge on any atom is 0.573 e. The number of unbranched alkanes of at least 4 members (excludes halogenated alkanes) is 1. The van der Waals surface area contributed by atoms with Gasteiger partial charge in [-0.05, 0) is 86.6 Å². The second-order valence-electron chi connectivity index (χ2n) is 10.3. The van der Waals surface area contributed by atoms with Crippen molar-refractivity contribution in [3.05, 3.63) is 64.7 Å². The monoisotopic (exact) mass is 570 g/mol. The third-order valence-corrected chi connectivity index (χ3v) is 7.70. The number of fused-ring (bicyclic) bond motifs is 1. The summed E-state index contributed by atoms with van der Waals surface area (Å²) in [5.74, 6) is -1.67. The number of imide groups is 1. The van der Waals surface area contributed by atoms with E-state index in [2.05, 4.69) is 21.0 Å². The first-order valence-electron chi connectivity index (χ1n) is 13.8. The Morgan fingerprint density at radius 2 is 1.88 bits per heavy atom. The Hall–Kier alpha value is -3.91. The van der Waals surface area contributed by atoms with Gasteiger partial charge in [0.1, 0.15) is 11.8 Å². The van der Waals surface area contributed by atoms with Gasteiger partial charge < -0.3 is 14.5 Å². The largest absolute Gasteiger partial charge is 0.573 e. The number of nitriles is 1. The highest BCUT2D eigenvalue weighted by Gasteiger charge is 2.39. The van der Waals surface area contributed by atoms with Crippen LogP contribution in [0.1, 0.15) is 72.0 Å². The summed E-state index contributed by atoms with van der Waals surface area (Å²) in [6.45, 7) is 4.70. The normalized spacial score (nSPS) is 17.8. The van der Waals surface area contributed by atoms with E-state index in [1.165, 1.54) is 24.3 Å². The molecule has 2 aromatic rings. The molecule has 1 saturated heterocycles. The van der Waals surface area contributed by atoms with Crippen LogP contribution in [0, 0.1) is 11.3 Å². The van der Waals surface area contributed by atoms with E-state index in [1.807, 2.05) is 19.1 Å². The number of carbonyl (C=O) groups is 3. The summed E-state index contributed by atoms with van der Waals surface area (Å²) >= 11 is 0. The number of carbonyl (C=O) groups excluding carboxylic acids is 3. The van der Waals surface area contributed by atoms with Crippen molar-refractivity contribution in [1.29, 1.82) is 5.26 Å². The molecule has 41 heavy (non-hydrogen) atoms. The van der Waals surface area contributed by atoms with Crippen LogP contribution >= 0.6 is 0 Å². The fraction of sp³-hybridized carbons (Fsp3) is 0.467. The first kappa shape index (κ1) is 30.1. The molecule has 11 heteroatoms. The van der Waals surface area contributed by atoms with Crippen LogP contribution in [0.5, 0.6) is 5.75 Å². The molecule has 218 valence electrons. The average molecular weight is 571 g/mol. The Kier molecular flexibility index (Phi) is 9.65. The number of hydrogen-bond donors (Lipinski definition) is 1. The molecule has 2 heterocycles. The van der Waals surface area contributed by atoms with Crippen LogP contribution in [0.4, 0.5) is 13.2 Å². The number of nitrogens with one attached hydrogen (secondary N) is 1. The number of piperidine rings is 1. The van der Waals surface area contributed by atoms with Gasteiger partial charge in [-0.3, -0.25) is 19.7 Å². The Bertz CT molecular complexity index is 1310. The van der Waals surface area contributed by atoms with Crippen molar-refractivity contribution < 1.29 is 32.3 Å². The quantitative estimate of drug-likeness (QED) is 0.294. The summed E-state index contributed by atoms with van der Waals surface area (Å²) in [5.41, 5.74) is 3.29. The minimum atomic E-state index is -4.76. The topological polar surface area (TPSA) is 103 Å². The Labute approximate surface area is 237 Å². The summed E-state index contributed by atoms with van der Waals surface area (Å²) in [4.78, 5) is 40.7. The molecule has 2 atom stereocenters. The summed E-state index contributed by atoms with van der Waals surface area (Å²) in [7, 11) is 0. The van der Waals surface area contributed by atoms with E-state index in [4.69, 9.17) is 0 Å². The van der Waals surface area contributed by atoms with Crippen LogP contribution in [0.25, 0.3) is 0 Å². The summed E-state index contributed by atoms with van der Waals surface area (Å²) < 4.78 is 41.1. The van der Waals surface area contributed by atoms with Gasteiger partial charge in [-0.2, -0.15) is 5.26 Å². The number of amides is 3. The van der Waals surface area contributed by atoms with Crippen LogP contribution in [0.2, 0.25) is 0 Å². The van der Waals surface area contributed by atoms with Crippen molar-refractivity contribution in [3.63, 3.8) is 0 Å². The van der Waals surface area contributed by atoms with Gasteiger partial charge in [-0.15, -0.1) is 13.2 Å². The number of aryl methyl sites for hydroxylation is 1. The van der Waals surface area contributed by atoms with E-state index < -0.39 is 24.2 Å². The number of rotatable bonds is 12. The highest BCUT2D eigenvalue weighted by atomic mass is 19.4. The van der Waals surface area contributed by atoms with Crippen molar-refractivity contribution in [3.8, 4) is 11.8 Å². The van der Waals surface area contributed by atoms with E-state index in [9.17, 15) is 32.8 Å². The lowest BCUT2D eigenvalue weighted by Gasteiger charge is -2.29. The van der Waals surface area contributed by atoms with Crippen molar-refractivity contribution in [2.24, 2.45) is 0 Å². The highest BCUT2D eigenvalue weighted by molar-refractivity contribution is 6.05. The molecule has 0 saturated carbocycles. The first-order valence-corrected chi connectivity index (χ1v) is 13.8. The molecule has 2 unspecified atom stereocenters. The maximum atomic E-state index is 13.0. The number of ether oxygens (including phenoxy) is 1. The SMILES string of the molecule is CCN(CCCCc1cccc2c1CN(C1CCC(=O)NC1=O)C2=O)CCC(C#N)c1ccc(OC(F)(F)F)cc1. The molecule has 4 rings (SSSR count).